The normalized spacial score (nSPS) is 11.7. The lowest BCUT2D eigenvalue weighted by molar-refractivity contribution is 1.42. The Morgan fingerprint density at radius 2 is 1.30 bits per heavy atom. The Kier molecular flexibility index (Phi) is 3.11. The number of hydrogen-bond donors (Lipinski definition) is 0. The van der Waals surface area contributed by atoms with Crippen molar-refractivity contribution in [2.75, 3.05) is 0 Å². The minimum Gasteiger partial charge on any atom is -0.244 e. The zero-order valence-electron chi connectivity index (χ0n) is 14.5. The maximum Gasteiger partial charge on any atom is 0.124 e. The highest BCUT2D eigenvalue weighted by Gasteiger charge is 2.14. The van der Waals surface area contributed by atoms with Crippen LogP contribution in [0.2, 0.25) is 0 Å². The largest absolute Gasteiger partial charge is 0.244 e. The molecule has 0 radical (unpaired) electrons. The van der Waals surface area contributed by atoms with E-state index in [0.29, 0.717) is 0 Å². The van der Waals surface area contributed by atoms with Crippen LogP contribution in [-0.2, 0) is 0 Å². The molecule has 5 aromatic carbocycles. The molecule has 0 atom stereocenters. The van der Waals surface area contributed by atoms with Crippen molar-refractivity contribution in [3.8, 4) is 21.0 Å². The molecule has 126 valence electrons. The lowest BCUT2D eigenvalue weighted by Crippen LogP contribution is -1.86. The summed E-state index contributed by atoms with van der Waals surface area (Å²) in [5.41, 5.74) is 2.44. The molecule has 1 heterocycles. The summed E-state index contributed by atoms with van der Waals surface area (Å²) < 4.78 is 0. The number of benzene rings is 5. The molecule has 0 saturated heterocycles. The number of aromatic nitrogens is 1. The molecule has 27 heavy (non-hydrogen) atoms. The Labute approximate surface area is 160 Å². The molecule has 0 aliphatic heterocycles. The molecule has 0 unspecified atom stereocenters. The van der Waals surface area contributed by atoms with Gasteiger partial charge < -0.3 is 0 Å². The van der Waals surface area contributed by atoms with Gasteiger partial charge in [-0.3, -0.25) is 0 Å². The molecule has 2 heteroatoms. The van der Waals surface area contributed by atoms with Gasteiger partial charge in [0.05, 0.1) is 4.88 Å². The third kappa shape index (κ3) is 2.20. The van der Waals surface area contributed by atoms with E-state index in [1.165, 1.54) is 48.3 Å². The second-order valence-electron chi connectivity index (χ2n) is 6.86. The van der Waals surface area contributed by atoms with E-state index < -0.39 is 0 Å². The summed E-state index contributed by atoms with van der Waals surface area (Å²) in [6.07, 6.45) is 1.99. The van der Waals surface area contributed by atoms with Gasteiger partial charge in [-0.15, -0.1) is 11.3 Å². The Balaban J connectivity index is 1.64. The van der Waals surface area contributed by atoms with Gasteiger partial charge >= 0.3 is 0 Å². The van der Waals surface area contributed by atoms with E-state index in [0.717, 1.165) is 5.01 Å². The van der Waals surface area contributed by atoms with E-state index in [1.807, 2.05) is 12.3 Å². The fourth-order valence-corrected chi connectivity index (χ4v) is 5.02. The van der Waals surface area contributed by atoms with Gasteiger partial charge in [-0.1, -0.05) is 84.9 Å². The molecule has 0 bridgehead atoms. The van der Waals surface area contributed by atoms with E-state index in [2.05, 4.69) is 78.9 Å². The van der Waals surface area contributed by atoms with Crippen LogP contribution in [-0.4, -0.2) is 4.98 Å². The van der Waals surface area contributed by atoms with E-state index >= 15 is 0 Å². The SMILES string of the molecule is c1ccc(-c2cnc(-c3ccc4ccc5cccc6ccc3c4c56)s2)cc1. The lowest BCUT2D eigenvalue weighted by Gasteiger charge is -2.12. The Hall–Kier alpha value is -3.23. The van der Waals surface area contributed by atoms with Gasteiger partial charge in [-0.25, -0.2) is 4.98 Å². The van der Waals surface area contributed by atoms with Gasteiger partial charge in [-0.05, 0) is 37.9 Å². The summed E-state index contributed by atoms with van der Waals surface area (Å²) in [7, 11) is 0. The van der Waals surface area contributed by atoms with Gasteiger partial charge in [0, 0.05) is 11.8 Å². The molecular weight excluding hydrogens is 346 g/mol. The Morgan fingerprint density at radius 3 is 2.11 bits per heavy atom. The van der Waals surface area contributed by atoms with Crippen LogP contribution in [0.15, 0.2) is 91.1 Å². The Bertz CT molecular complexity index is 1400. The standard InChI is InChI=1S/C25H15NS/c1-2-5-16(6-3-1)22-15-26-25(27-22)21-14-12-19-10-9-17-7-4-8-18-11-13-20(21)24(19)23(17)18/h1-15H. The molecule has 0 fully saturated rings. The molecule has 1 nitrogen and oxygen atoms in total. The average molecular weight is 361 g/mol. The van der Waals surface area contributed by atoms with Crippen LogP contribution in [0.25, 0.3) is 53.3 Å². The summed E-state index contributed by atoms with van der Waals surface area (Å²) in [6.45, 7) is 0. The van der Waals surface area contributed by atoms with E-state index in [1.54, 1.807) is 11.3 Å². The van der Waals surface area contributed by atoms with E-state index in [4.69, 9.17) is 4.98 Å². The average Bonchev–Trinajstić information content (AvgIpc) is 3.23. The van der Waals surface area contributed by atoms with Crippen molar-refractivity contribution in [2.24, 2.45) is 0 Å². The minimum absolute atomic E-state index is 1.08. The monoisotopic (exact) mass is 361 g/mol. The quantitative estimate of drug-likeness (QED) is 0.293. The van der Waals surface area contributed by atoms with Crippen molar-refractivity contribution in [3.05, 3.63) is 91.1 Å². The number of nitrogens with zero attached hydrogens (tertiary/aromatic N) is 1. The maximum atomic E-state index is 4.76. The summed E-state index contributed by atoms with van der Waals surface area (Å²) in [5, 5.41) is 8.95. The van der Waals surface area contributed by atoms with Crippen LogP contribution < -0.4 is 0 Å². The van der Waals surface area contributed by atoms with Crippen LogP contribution in [0.1, 0.15) is 0 Å². The molecule has 0 saturated carbocycles. The van der Waals surface area contributed by atoms with E-state index in [-0.39, 0.29) is 0 Å². The minimum atomic E-state index is 1.08. The Morgan fingerprint density at radius 1 is 0.593 bits per heavy atom. The topological polar surface area (TPSA) is 12.9 Å². The number of rotatable bonds is 2. The van der Waals surface area contributed by atoms with Gasteiger partial charge in [0.15, 0.2) is 0 Å². The predicted molar refractivity (Wildman–Crippen MR) is 117 cm³/mol. The summed E-state index contributed by atoms with van der Waals surface area (Å²) in [5.74, 6) is 0. The second-order valence-corrected chi connectivity index (χ2v) is 7.90. The summed E-state index contributed by atoms with van der Waals surface area (Å²) >= 11 is 1.76. The summed E-state index contributed by atoms with van der Waals surface area (Å²) in [4.78, 5) is 5.97. The van der Waals surface area contributed by atoms with Crippen molar-refractivity contribution in [3.63, 3.8) is 0 Å². The van der Waals surface area contributed by atoms with Gasteiger partial charge in [0.2, 0.25) is 0 Å². The first-order valence-corrected chi connectivity index (χ1v) is 9.88. The van der Waals surface area contributed by atoms with E-state index in [9.17, 15) is 0 Å². The third-order valence-corrected chi connectivity index (χ3v) is 6.40. The molecule has 1 aromatic heterocycles. The fourth-order valence-electron chi connectivity index (χ4n) is 4.06. The molecular formula is C25H15NS. The zero-order chi connectivity index (χ0) is 17.8. The zero-order valence-corrected chi connectivity index (χ0v) is 15.3. The van der Waals surface area contributed by atoms with Crippen LogP contribution in [0.4, 0.5) is 0 Å². The van der Waals surface area contributed by atoms with Gasteiger partial charge in [0.1, 0.15) is 5.01 Å². The van der Waals surface area contributed by atoms with Crippen LogP contribution >= 0.6 is 11.3 Å². The molecule has 0 aliphatic carbocycles. The highest BCUT2D eigenvalue weighted by molar-refractivity contribution is 7.18. The van der Waals surface area contributed by atoms with Crippen molar-refractivity contribution < 1.29 is 0 Å². The highest BCUT2D eigenvalue weighted by Crippen LogP contribution is 2.41. The summed E-state index contributed by atoms with van der Waals surface area (Å²) in [6, 6.07) is 30.4. The second kappa shape index (κ2) is 5.63. The molecule has 0 aliphatic rings. The third-order valence-electron chi connectivity index (χ3n) is 5.32. The molecule has 6 rings (SSSR count). The lowest BCUT2D eigenvalue weighted by atomic mass is 9.92. The van der Waals surface area contributed by atoms with Crippen LogP contribution in [0.5, 0.6) is 0 Å². The molecule has 6 aromatic rings. The first-order chi connectivity index (χ1) is 13.4. The van der Waals surface area contributed by atoms with Gasteiger partial charge in [-0.2, -0.15) is 0 Å². The van der Waals surface area contributed by atoms with Crippen LogP contribution in [0, 0.1) is 0 Å². The molecule has 0 amide bonds. The molecule has 0 spiro atoms. The van der Waals surface area contributed by atoms with Crippen molar-refractivity contribution in [1.29, 1.82) is 0 Å². The van der Waals surface area contributed by atoms with Crippen molar-refractivity contribution >= 4 is 43.7 Å². The first-order valence-electron chi connectivity index (χ1n) is 9.07. The maximum absolute atomic E-state index is 4.76. The van der Waals surface area contributed by atoms with Crippen molar-refractivity contribution in [1.82, 2.24) is 4.98 Å². The predicted octanol–water partition coefficient (Wildman–Crippen LogP) is 7.37. The number of thiazole rings is 1. The van der Waals surface area contributed by atoms with Crippen molar-refractivity contribution in [2.45, 2.75) is 0 Å². The highest BCUT2D eigenvalue weighted by atomic mass is 32.1. The smallest absolute Gasteiger partial charge is 0.124 e. The number of hydrogen-bond acceptors (Lipinski definition) is 2. The van der Waals surface area contributed by atoms with Gasteiger partial charge in [0.25, 0.3) is 0 Å². The first kappa shape index (κ1) is 14.9. The molecule has 0 N–H and O–H groups in total. The fraction of sp³-hybridized carbons (Fsp3) is 0. The van der Waals surface area contributed by atoms with Crippen LogP contribution in [0.3, 0.4) is 0 Å².